The molecule has 0 unspecified atom stereocenters. The smallest absolute Gasteiger partial charge is 0.260 e. The Bertz CT molecular complexity index is 1410. The van der Waals surface area contributed by atoms with Gasteiger partial charge in [-0.1, -0.05) is 11.3 Å². The van der Waals surface area contributed by atoms with Gasteiger partial charge in [0.2, 0.25) is 10.0 Å². The van der Waals surface area contributed by atoms with E-state index in [9.17, 15) is 13.2 Å². The van der Waals surface area contributed by atoms with Crippen LogP contribution in [0.25, 0.3) is 10.2 Å². The monoisotopic (exact) mass is 576 g/mol. The molecule has 1 heterocycles. The van der Waals surface area contributed by atoms with Crippen molar-refractivity contribution in [2.45, 2.75) is 17.7 Å². The average Bonchev–Trinajstić information content (AvgIpc) is 3.31. The zero-order valence-corrected chi connectivity index (χ0v) is 23.8. The third-order valence-corrected chi connectivity index (χ3v) is 8.47. The number of hydrogen-bond donors (Lipinski definition) is 0. The van der Waals surface area contributed by atoms with Crippen molar-refractivity contribution >= 4 is 55.0 Å². The number of thiazole rings is 1. The third-order valence-electron chi connectivity index (χ3n) is 5.52. The maximum atomic E-state index is 13.6. The molecule has 0 aliphatic rings. The number of carbonyl (C=O) groups is 1. The van der Waals surface area contributed by atoms with Crippen molar-refractivity contribution < 1.29 is 17.9 Å². The maximum Gasteiger partial charge on any atom is 0.260 e. The molecule has 0 spiro atoms. The number of methoxy groups -OCH3 is 1. The largest absolute Gasteiger partial charge is 0.497 e. The molecule has 0 bridgehead atoms. The van der Waals surface area contributed by atoms with Crippen LogP contribution in [0.5, 0.6) is 5.75 Å². The van der Waals surface area contributed by atoms with E-state index < -0.39 is 10.0 Å². The van der Waals surface area contributed by atoms with Crippen LogP contribution in [0, 0.1) is 22.7 Å². The van der Waals surface area contributed by atoms with Crippen LogP contribution in [-0.4, -0.2) is 75.9 Å². The minimum absolute atomic E-state index is 0. The quantitative estimate of drug-likeness (QED) is 0.318. The number of likely N-dealkylation sites (N-methyl/N-ethyl adjacent to an activating group) is 1. The summed E-state index contributed by atoms with van der Waals surface area (Å²) in [7, 11) is 1.49. The van der Waals surface area contributed by atoms with Crippen LogP contribution in [0.1, 0.15) is 23.2 Å². The van der Waals surface area contributed by atoms with Crippen molar-refractivity contribution in [3.8, 4) is 17.9 Å². The van der Waals surface area contributed by atoms with Crippen molar-refractivity contribution in [3.05, 3.63) is 48.0 Å². The third kappa shape index (κ3) is 7.40. The number of aromatic nitrogens is 1. The van der Waals surface area contributed by atoms with E-state index >= 15 is 0 Å². The summed E-state index contributed by atoms with van der Waals surface area (Å²) in [5.74, 6) is 0.395. The molecule has 10 nitrogen and oxygen atoms in total. The van der Waals surface area contributed by atoms with E-state index in [-0.39, 0.29) is 49.1 Å². The number of carbonyl (C=O) groups excluding carboxylic acids is 1. The summed E-state index contributed by atoms with van der Waals surface area (Å²) in [6, 6.07) is 15.1. The standard InChI is InChI=1S/C25H28N6O4S2.ClH/c1-29(2)16-17-31(25-28-22-11-8-20(35-3)18-23(22)36-25)24(32)19-6-9-21(10-7-19)37(33,34)30(14-4-12-26)15-5-13-27;/h6-11,18H,4-5,14-17H2,1-3H3;1H. The van der Waals surface area contributed by atoms with E-state index in [1.165, 1.54) is 35.6 Å². The lowest BCUT2D eigenvalue weighted by atomic mass is 10.2. The summed E-state index contributed by atoms with van der Waals surface area (Å²) in [6.45, 7) is 0.965. The molecule has 3 aromatic rings. The molecular weight excluding hydrogens is 548 g/mol. The first-order valence-electron chi connectivity index (χ1n) is 11.5. The first-order valence-corrected chi connectivity index (χ1v) is 13.7. The van der Waals surface area contributed by atoms with Crippen LogP contribution in [0.15, 0.2) is 47.4 Å². The Hall–Kier alpha value is -3.26. The molecule has 13 heteroatoms. The molecule has 2 aromatic carbocycles. The topological polar surface area (TPSA) is 131 Å². The number of benzene rings is 2. The predicted molar refractivity (Wildman–Crippen MR) is 149 cm³/mol. The zero-order chi connectivity index (χ0) is 27.0. The Labute approximate surface area is 233 Å². The van der Waals surface area contributed by atoms with Gasteiger partial charge in [0.15, 0.2) is 5.13 Å². The molecular formula is C25H29ClN6O4S2. The summed E-state index contributed by atoms with van der Waals surface area (Å²) in [5.41, 5.74) is 1.06. The fourth-order valence-corrected chi connectivity index (χ4v) is 5.96. The number of nitriles is 2. The van der Waals surface area contributed by atoms with Gasteiger partial charge < -0.3 is 9.64 Å². The Morgan fingerprint density at radius 3 is 2.18 bits per heavy atom. The number of rotatable bonds is 12. The van der Waals surface area contributed by atoms with Crippen molar-refractivity contribution in [2.75, 3.05) is 52.3 Å². The predicted octanol–water partition coefficient (Wildman–Crippen LogP) is 3.75. The normalized spacial score (nSPS) is 11.1. The highest BCUT2D eigenvalue weighted by Crippen LogP contribution is 2.32. The van der Waals surface area contributed by atoms with Crippen LogP contribution < -0.4 is 9.64 Å². The number of amides is 1. The molecule has 0 aliphatic heterocycles. The highest BCUT2D eigenvalue weighted by Gasteiger charge is 2.26. The number of sulfonamides is 1. The molecule has 0 radical (unpaired) electrons. The van der Waals surface area contributed by atoms with Gasteiger partial charge in [0, 0.05) is 44.6 Å². The van der Waals surface area contributed by atoms with Gasteiger partial charge in [-0.2, -0.15) is 14.8 Å². The molecule has 202 valence electrons. The summed E-state index contributed by atoms with van der Waals surface area (Å²) in [4.78, 5) is 21.7. The second-order valence-electron chi connectivity index (χ2n) is 8.33. The summed E-state index contributed by atoms with van der Waals surface area (Å²) in [6.07, 6.45) is 0.0200. The van der Waals surface area contributed by atoms with E-state index in [4.69, 9.17) is 15.3 Å². The van der Waals surface area contributed by atoms with E-state index in [0.717, 1.165) is 14.5 Å². The lowest BCUT2D eigenvalue weighted by Gasteiger charge is -2.22. The van der Waals surface area contributed by atoms with Crippen LogP contribution in [0.3, 0.4) is 0 Å². The van der Waals surface area contributed by atoms with E-state index in [2.05, 4.69) is 4.98 Å². The van der Waals surface area contributed by atoms with E-state index in [1.54, 1.807) is 12.0 Å². The second kappa shape index (κ2) is 14.0. The van der Waals surface area contributed by atoms with Crippen LogP contribution in [-0.2, 0) is 10.0 Å². The van der Waals surface area contributed by atoms with Crippen LogP contribution in [0.4, 0.5) is 5.13 Å². The average molecular weight is 577 g/mol. The van der Waals surface area contributed by atoms with Crippen LogP contribution in [0.2, 0.25) is 0 Å². The number of anilines is 1. The minimum atomic E-state index is -3.93. The van der Waals surface area contributed by atoms with Crippen LogP contribution >= 0.6 is 23.7 Å². The number of ether oxygens (including phenoxy) is 1. The van der Waals surface area contributed by atoms with Gasteiger partial charge in [0.1, 0.15) is 5.75 Å². The fourth-order valence-electron chi connectivity index (χ4n) is 3.50. The first kappa shape index (κ1) is 31.0. The zero-order valence-electron chi connectivity index (χ0n) is 21.3. The molecule has 1 amide bonds. The molecule has 0 fully saturated rings. The summed E-state index contributed by atoms with van der Waals surface area (Å²) in [5, 5.41) is 18.3. The van der Waals surface area contributed by atoms with Gasteiger partial charge in [-0.3, -0.25) is 9.69 Å². The van der Waals surface area contributed by atoms with Gasteiger partial charge >= 0.3 is 0 Å². The van der Waals surface area contributed by atoms with Crippen molar-refractivity contribution in [1.29, 1.82) is 10.5 Å². The van der Waals surface area contributed by atoms with Crippen molar-refractivity contribution in [3.63, 3.8) is 0 Å². The number of nitrogens with zero attached hydrogens (tertiary/aromatic N) is 6. The van der Waals surface area contributed by atoms with Crippen molar-refractivity contribution in [1.82, 2.24) is 14.2 Å². The van der Waals surface area contributed by atoms with E-state index in [0.29, 0.717) is 29.5 Å². The molecule has 0 saturated carbocycles. The Morgan fingerprint density at radius 2 is 1.63 bits per heavy atom. The van der Waals surface area contributed by atoms with Gasteiger partial charge in [-0.15, -0.1) is 12.4 Å². The second-order valence-corrected chi connectivity index (χ2v) is 11.3. The molecule has 38 heavy (non-hydrogen) atoms. The number of fused-ring (bicyclic) bond motifs is 1. The van der Waals surface area contributed by atoms with E-state index in [1.807, 2.05) is 49.3 Å². The van der Waals surface area contributed by atoms with Gasteiger partial charge in [-0.25, -0.2) is 13.4 Å². The van der Waals surface area contributed by atoms with Gasteiger partial charge in [-0.05, 0) is 56.6 Å². The Balaban J connectivity index is 0.00000507. The molecule has 0 aliphatic carbocycles. The SMILES string of the molecule is COc1ccc2nc(N(CCN(C)C)C(=O)c3ccc(S(=O)(=O)N(CCC#N)CCC#N)cc3)sc2c1.Cl. The van der Waals surface area contributed by atoms with Gasteiger partial charge in [0.05, 0.1) is 34.4 Å². The molecule has 1 aromatic heterocycles. The lowest BCUT2D eigenvalue weighted by molar-refractivity contribution is 0.0985. The highest BCUT2D eigenvalue weighted by molar-refractivity contribution is 7.89. The van der Waals surface area contributed by atoms with Gasteiger partial charge in [0.25, 0.3) is 5.91 Å². The first-order chi connectivity index (χ1) is 17.7. The lowest BCUT2D eigenvalue weighted by Crippen LogP contribution is -2.36. The molecule has 0 atom stereocenters. The summed E-state index contributed by atoms with van der Waals surface area (Å²) >= 11 is 1.38. The highest BCUT2D eigenvalue weighted by atomic mass is 35.5. The Morgan fingerprint density at radius 1 is 1.00 bits per heavy atom. The minimum Gasteiger partial charge on any atom is -0.497 e. The summed E-state index contributed by atoms with van der Waals surface area (Å²) < 4.78 is 33.5. The molecule has 0 saturated heterocycles. The Kier molecular flexibility index (Phi) is 11.4. The maximum absolute atomic E-state index is 13.6. The molecule has 3 rings (SSSR count). The van der Waals surface area contributed by atoms with Crippen molar-refractivity contribution in [2.24, 2.45) is 0 Å². The number of hydrogen-bond acceptors (Lipinski definition) is 9. The number of halogens is 1. The fraction of sp³-hybridized carbons (Fsp3) is 0.360. The molecule has 0 N–H and O–H groups in total.